The maximum atomic E-state index is 5.08. The number of aliphatic imine (C=N–C) groups is 1. The van der Waals surface area contributed by atoms with E-state index in [1.54, 1.807) is 7.11 Å². The van der Waals surface area contributed by atoms with E-state index < -0.39 is 0 Å². The van der Waals surface area contributed by atoms with Gasteiger partial charge in [-0.05, 0) is 5.56 Å². The number of hydrogen-bond acceptors (Lipinski definition) is 3. The van der Waals surface area contributed by atoms with Crippen LogP contribution >= 0.6 is 0 Å². The van der Waals surface area contributed by atoms with Crippen molar-refractivity contribution in [3.63, 3.8) is 0 Å². The third-order valence-corrected chi connectivity index (χ3v) is 1.61. The minimum atomic E-state index is 0.334. The summed E-state index contributed by atoms with van der Waals surface area (Å²) in [6.07, 6.45) is 1.84. The first-order valence-electron chi connectivity index (χ1n) is 4.55. The highest BCUT2D eigenvalue weighted by Gasteiger charge is 1.85. The van der Waals surface area contributed by atoms with Crippen LogP contribution in [0.1, 0.15) is 5.56 Å². The average molecular weight is 193 g/mol. The monoisotopic (exact) mass is 193 g/mol. The van der Waals surface area contributed by atoms with Gasteiger partial charge in [-0.25, -0.2) is 0 Å². The molecule has 0 unspecified atom stereocenters. The Morgan fingerprint density at radius 1 is 1.29 bits per heavy atom. The standard InChI is InChI=1S/C11H15NO2/c1-13-10-14-8-7-12-9-11-5-3-2-4-6-11/h2-6,9H,7-8,10H2,1H3/b12-9+. The molecule has 0 spiro atoms. The SMILES string of the molecule is COCOCC/N=C/c1ccccc1. The van der Waals surface area contributed by atoms with Gasteiger partial charge >= 0.3 is 0 Å². The van der Waals surface area contributed by atoms with Crippen LogP contribution in [0.4, 0.5) is 0 Å². The van der Waals surface area contributed by atoms with E-state index in [-0.39, 0.29) is 0 Å². The zero-order valence-electron chi connectivity index (χ0n) is 8.35. The van der Waals surface area contributed by atoms with Crippen molar-refractivity contribution < 1.29 is 9.47 Å². The second-order valence-electron chi connectivity index (χ2n) is 2.76. The van der Waals surface area contributed by atoms with Crippen LogP contribution in [0, 0.1) is 0 Å². The number of hydrogen-bond donors (Lipinski definition) is 0. The molecule has 0 aliphatic rings. The third kappa shape index (κ3) is 4.74. The van der Waals surface area contributed by atoms with Gasteiger partial charge in [0.15, 0.2) is 0 Å². The third-order valence-electron chi connectivity index (χ3n) is 1.61. The summed E-state index contributed by atoms with van der Waals surface area (Å²) in [5.74, 6) is 0. The van der Waals surface area contributed by atoms with Crippen molar-refractivity contribution >= 4 is 6.21 Å². The first kappa shape index (κ1) is 10.9. The molecule has 76 valence electrons. The molecule has 0 saturated carbocycles. The van der Waals surface area contributed by atoms with E-state index in [0.717, 1.165) is 5.56 Å². The lowest BCUT2D eigenvalue weighted by molar-refractivity contribution is -0.0270. The van der Waals surface area contributed by atoms with Crippen molar-refractivity contribution in [1.29, 1.82) is 0 Å². The van der Waals surface area contributed by atoms with Gasteiger partial charge in [-0.1, -0.05) is 30.3 Å². The maximum absolute atomic E-state index is 5.08. The highest BCUT2D eigenvalue weighted by Crippen LogP contribution is 1.93. The van der Waals surface area contributed by atoms with Gasteiger partial charge < -0.3 is 9.47 Å². The lowest BCUT2D eigenvalue weighted by Gasteiger charge is -1.98. The van der Waals surface area contributed by atoms with Gasteiger partial charge in [0.2, 0.25) is 0 Å². The minimum absolute atomic E-state index is 0.334. The minimum Gasteiger partial charge on any atom is -0.359 e. The first-order chi connectivity index (χ1) is 6.93. The van der Waals surface area contributed by atoms with E-state index in [2.05, 4.69) is 4.99 Å². The molecule has 3 heteroatoms. The fraction of sp³-hybridized carbons (Fsp3) is 0.364. The van der Waals surface area contributed by atoms with Crippen molar-refractivity contribution in [3.05, 3.63) is 35.9 Å². The highest BCUT2D eigenvalue weighted by molar-refractivity contribution is 5.79. The topological polar surface area (TPSA) is 30.8 Å². The van der Waals surface area contributed by atoms with E-state index in [0.29, 0.717) is 19.9 Å². The summed E-state index contributed by atoms with van der Waals surface area (Å²) in [6.45, 7) is 1.59. The molecule has 0 aromatic heterocycles. The molecule has 3 nitrogen and oxygen atoms in total. The van der Waals surface area contributed by atoms with Crippen LogP contribution in [0.3, 0.4) is 0 Å². The molecule has 0 fully saturated rings. The summed E-state index contributed by atoms with van der Waals surface area (Å²) in [5.41, 5.74) is 1.11. The van der Waals surface area contributed by atoms with E-state index in [9.17, 15) is 0 Å². The van der Waals surface area contributed by atoms with Gasteiger partial charge in [-0.15, -0.1) is 0 Å². The van der Waals surface area contributed by atoms with Crippen LogP contribution in [-0.4, -0.2) is 33.3 Å². The molecule has 0 atom stereocenters. The first-order valence-corrected chi connectivity index (χ1v) is 4.55. The van der Waals surface area contributed by atoms with Crippen LogP contribution < -0.4 is 0 Å². The Morgan fingerprint density at radius 2 is 2.07 bits per heavy atom. The fourth-order valence-corrected chi connectivity index (χ4v) is 0.969. The van der Waals surface area contributed by atoms with Crippen LogP contribution in [0.2, 0.25) is 0 Å². The zero-order valence-corrected chi connectivity index (χ0v) is 8.35. The highest BCUT2D eigenvalue weighted by atomic mass is 16.7. The van der Waals surface area contributed by atoms with Crippen molar-refractivity contribution in [3.8, 4) is 0 Å². The lowest BCUT2D eigenvalue weighted by Crippen LogP contribution is -2.01. The smallest absolute Gasteiger partial charge is 0.146 e. The fourth-order valence-electron chi connectivity index (χ4n) is 0.969. The summed E-state index contributed by atoms with van der Waals surface area (Å²) in [6, 6.07) is 9.99. The Labute approximate surface area is 84.4 Å². The molecule has 0 radical (unpaired) electrons. The number of methoxy groups -OCH3 is 1. The number of rotatable bonds is 6. The molecular weight excluding hydrogens is 178 g/mol. The molecule has 1 aromatic rings. The maximum Gasteiger partial charge on any atom is 0.146 e. The normalized spacial score (nSPS) is 10.9. The Kier molecular flexibility index (Phi) is 5.63. The second-order valence-corrected chi connectivity index (χ2v) is 2.76. The molecule has 0 heterocycles. The molecule has 0 aliphatic heterocycles. The molecule has 1 aromatic carbocycles. The van der Waals surface area contributed by atoms with E-state index >= 15 is 0 Å². The molecule has 0 saturated heterocycles. The average Bonchev–Trinajstić information content (AvgIpc) is 2.25. The predicted molar refractivity (Wildman–Crippen MR) is 56.7 cm³/mol. The van der Waals surface area contributed by atoms with Gasteiger partial charge in [-0.3, -0.25) is 4.99 Å². The molecular formula is C11H15NO2. The Balaban J connectivity index is 2.15. The number of benzene rings is 1. The molecule has 1 rings (SSSR count). The van der Waals surface area contributed by atoms with Crippen molar-refractivity contribution in [2.75, 3.05) is 27.1 Å². The van der Waals surface area contributed by atoms with Crippen LogP contribution in [-0.2, 0) is 9.47 Å². The molecule has 0 N–H and O–H groups in total. The van der Waals surface area contributed by atoms with Crippen LogP contribution in [0.5, 0.6) is 0 Å². The Morgan fingerprint density at radius 3 is 2.79 bits per heavy atom. The van der Waals surface area contributed by atoms with Gasteiger partial charge in [0.1, 0.15) is 6.79 Å². The van der Waals surface area contributed by atoms with Crippen molar-refractivity contribution in [1.82, 2.24) is 0 Å². The van der Waals surface area contributed by atoms with Gasteiger partial charge in [0.25, 0.3) is 0 Å². The van der Waals surface area contributed by atoms with Gasteiger partial charge in [-0.2, -0.15) is 0 Å². The van der Waals surface area contributed by atoms with E-state index in [4.69, 9.17) is 9.47 Å². The summed E-state index contributed by atoms with van der Waals surface area (Å²) in [4.78, 5) is 4.21. The summed E-state index contributed by atoms with van der Waals surface area (Å²) >= 11 is 0. The van der Waals surface area contributed by atoms with Crippen LogP contribution in [0.25, 0.3) is 0 Å². The Hall–Kier alpha value is -1.19. The quantitative estimate of drug-likeness (QED) is 0.391. The molecule has 0 bridgehead atoms. The van der Waals surface area contributed by atoms with E-state index in [1.807, 2.05) is 36.5 Å². The number of nitrogens with zero attached hydrogens (tertiary/aromatic N) is 1. The van der Waals surface area contributed by atoms with Gasteiger partial charge in [0, 0.05) is 13.3 Å². The van der Waals surface area contributed by atoms with Crippen molar-refractivity contribution in [2.24, 2.45) is 4.99 Å². The predicted octanol–water partition coefficient (Wildman–Crippen LogP) is 1.73. The summed E-state index contributed by atoms with van der Waals surface area (Å²) < 4.78 is 9.82. The molecule has 14 heavy (non-hydrogen) atoms. The Bertz CT molecular complexity index is 259. The van der Waals surface area contributed by atoms with E-state index in [1.165, 1.54) is 0 Å². The van der Waals surface area contributed by atoms with Crippen molar-refractivity contribution in [2.45, 2.75) is 0 Å². The van der Waals surface area contributed by atoms with Crippen LogP contribution in [0.15, 0.2) is 35.3 Å². The number of ether oxygens (including phenoxy) is 2. The lowest BCUT2D eigenvalue weighted by atomic mass is 10.2. The van der Waals surface area contributed by atoms with Gasteiger partial charge in [0.05, 0.1) is 13.2 Å². The molecule has 0 amide bonds. The largest absolute Gasteiger partial charge is 0.359 e. The molecule has 0 aliphatic carbocycles. The zero-order chi connectivity index (χ0) is 10.1. The summed E-state index contributed by atoms with van der Waals surface area (Å²) in [7, 11) is 1.60. The second kappa shape index (κ2) is 7.24. The summed E-state index contributed by atoms with van der Waals surface area (Å²) in [5, 5.41) is 0.